The number of methoxy groups -OCH3 is 1. The van der Waals surface area contributed by atoms with E-state index in [-0.39, 0.29) is 11.7 Å². The molecule has 214 valence electrons. The summed E-state index contributed by atoms with van der Waals surface area (Å²) in [5.74, 6) is 2.29. The van der Waals surface area contributed by atoms with Gasteiger partial charge in [-0.15, -0.1) is 0 Å². The van der Waals surface area contributed by atoms with Crippen molar-refractivity contribution in [2.45, 2.75) is 26.6 Å². The number of piperazine rings is 1. The standard InChI is InChI=1S/C33H36FN3O4/c1-3-40-28-13-11-25(12-14-28)22-35(23-26-7-6-8-27(34)21-26)24-29-15-16-32(41-29)33(38)37-19-17-36(18-20-37)30-9-4-5-10-31(30)39-2/h4-16,21H,3,17-20,22-24H2,1-2H3. The second-order valence-electron chi connectivity index (χ2n) is 10.1. The fraction of sp³-hybridized carbons (Fsp3) is 0.303. The molecule has 3 aromatic carbocycles. The van der Waals surface area contributed by atoms with Crippen molar-refractivity contribution in [1.82, 2.24) is 9.80 Å². The third-order valence-electron chi connectivity index (χ3n) is 7.18. The molecule has 5 rings (SSSR count). The zero-order valence-electron chi connectivity index (χ0n) is 23.6. The smallest absolute Gasteiger partial charge is 0.289 e. The van der Waals surface area contributed by atoms with Gasteiger partial charge in [0, 0.05) is 39.3 Å². The van der Waals surface area contributed by atoms with E-state index < -0.39 is 0 Å². The first-order chi connectivity index (χ1) is 20.0. The van der Waals surface area contributed by atoms with Crippen LogP contribution in [-0.4, -0.2) is 55.6 Å². The summed E-state index contributed by atoms with van der Waals surface area (Å²) in [6.07, 6.45) is 0. The van der Waals surface area contributed by atoms with Gasteiger partial charge in [0.05, 0.1) is 25.9 Å². The Morgan fingerprint density at radius 1 is 0.878 bits per heavy atom. The van der Waals surface area contributed by atoms with Crippen LogP contribution in [0.25, 0.3) is 0 Å². The van der Waals surface area contributed by atoms with Crippen LogP contribution < -0.4 is 14.4 Å². The molecule has 0 radical (unpaired) electrons. The predicted molar refractivity (Wildman–Crippen MR) is 157 cm³/mol. The first kappa shape index (κ1) is 28.2. The number of halogens is 1. The molecule has 0 unspecified atom stereocenters. The largest absolute Gasteiger partial charge is 0.495 e. The van der Waals surface area contributed by atoms with Gasteiger partial charge in [-0.1, -0.05) is 36.4 Å². The number of hydrogen-bond acceptors (Lipinski definition) is 6. The van der Waals surface area contributed by atoms with Gasteiger partial charge in [0.2, 0.25) is 0 Å². The van der Waals surface area contributed by atoms with E-state index >= 15 is 0 Å². The number of carbonyl (C=O) groups is 1. The van der Waals surface area contributed by atoms with Crippen molar-refractivity contribution in [1.29, 1.82) is 0 Å². The lowest BCUT2D eigenvalue weighted by atomic mass is 10.1. The van der Waals surface area contributed by atoms with Crippen molar-refractivity contribution < 1.29 is 23.1 Å². The number of anilines is 1. The fourth-order valence-electron chi connectivity index (χ4n) is 5.17. The number of benzene rings is 3. The molecule has 0 N–H and O–H groups in total. The van der Waals surface area contributed by atoms with Crippen LogP contribution in [0, 0.1) is 5.82 Å². The maximum absolute atomic E-state index is 13.9. The Bertz CT molecular complexity index is 1430. The average Bonchev–Trinajstić information content (AvgIpc) is 3.46. The van der Waals surface area contributed by atoms with Crippen molar-refractivity contribution in [2.24, 2.45) is 0 Å². The van der Waals surface area contributed by atoms with Crippen LogP contribution >= 0.6 is 0 Å². The third kappa shape index (κ3) is 7.27. The van der Waals surface area contributed by atoms with Crippen LogP contribution in [0.4, 0.5) is 10.1 Å². The number of hydrogen-bond donors (Lipinski definition) is 0. The Kier molecular flexibility index (Phi) is 9.21. The van der Waals surface area contributed by atoms with E-state index in [0.717, 1.165) is 28.3 Å². The number of nitrogens with zero attached hydrogens (tertiary/aromatic N) is 3. The Morgan fingerprint density at radius 2 is 1.63 bits per heavy atom. The van der Waals surface area contributed by atoms with Crippen LogP contribution in [0.2, 0.25) is 0 Å². The minimum absolute atomic E-state index is 0.112. The van der Waals surface area contributed by atoms with Gasteiger partial charge in [-0.05, 0) is 66.6 Å². The molecule has 1 saturated heterocycles. The quantitative estimate of drug-likeness (QED) is 0.226. The molecule has 0 saturated carbocycles. The van der Waals surface area contributed by atoms with E-state index in [9.17, 15) is 9.18 Å². The van der Waals surface area contributed by atoms with Gasteiger partial charge in [-0.25, -0.2) is 4.39 Å². The highest BCUT2D eigenvalue weighted by Gasteiger charge is 2.26. The summed E-state index contributed by atoms with van der Waals surface area (Å²) in [5.41, 5.74) is 3.00. The highest BCUT2D eigenvalue weighted by molar-refractivity contribution is 5.91. The van der Waals surface area contributed by atoms with E-state index in [2.05, 4.69) is 9.80 Å². The van der Waals surface area contributed by atoms with Crippen LogP contribution in [-0.2, 0) is 19.6 Å². The van der Waals surface area contributed by atoms with E-state index in [0.29, 0.717) is 63.9 Å². The predicted octanol–water partition coefficient (Wildman–Crippen LogP) is 5.99. The topological polar surface area (TPSA) is 58.4 Å². The SMILES string of the molecule is CCOc1ccc(CN(Cc2cccc(F)c2)Cc2ccc(C(=O)N3CCN(c4ccccc4OC)CC3)o2)cc1. The molecule has 1 aromatic heterocycles. The zero-order chi connectivity index (χ0) is 28.6. The number of amides is 1. The van der Waals surface area contributed by atoms with Gasteiger partial charge >= 0.3 is 0 Å². The monoisotopic (exact) mass is 557 g/mol. The Balaban J connectivity index is 1.24. The van der Waals surface area contributed by atoms with Crippen LogP contribution in [0.1, 0.15) is 34.4 Å². The summed E-state index contributed by atoms with van der Waals surface area (Å²) in [6, 6.07) is 26.1. The van der Waals surface area contributed by atoms with Gasteiger partial charge in [0.25, 0.3) is 5.91 Å². The first-order valence-corrected chi connectivity index (χ1v) is 14.0. The second-order valence-corrected chi connectivity index (χ2v) is 10.1. The van der Waals surface area contributed by atoms with Crippen molar-refractivity contribution >= 4 is 11.6 Å². The van der Waals surface area contributed by atoms with Crippen LogP contribution in [0.15, 0.2) is 89.3 Å². The van der Waals surface area contributed by atoms with E-state index in [1.807, 2.05) is 72.5 Å². The Hall–Kier alpha value is -4.30. The summed E-state index contributed by atoms with van der Waals surface area (Å²) < 4.78 is 31.1. The minimum Gasteiger partial charge on any atom is -0.495 e. The minimum atomic E-state index is -0.264. The lowest BCUT2D eigenvalue weighted by Crippen LogP contribution is -2.48. The molecule has 1 aliphatic rings. The van der Waals surface area contributed by atoms with Crippen molar-refractivity contribution in [3.8, 4) is 11.5 Å². The summed E-state index contributed by atoms with van der Waals surface area (Å²) in [6.45, 7) is 6.80. The summed E-state index contributed by atoms with van der Waals surface area (Å²) in [5, 5.41) is 0. The fourth-order valence-corrected chi connectivity index (χ4v) is 5.17. The number of ether oxygens (including phenoxy) is 2. The molecule has 0 atom stereocenters. The van der Waals surface area contributed by atoms with Gasteiger partial charge in [-0.2, -0.15) is 0 Å². The number of rotatable bonds is 11. The highest BCUT2D eigenvalue weighted by Crippen LogP contribution is 2.29. The maximum atomic E-state index is 13.9. The summed E-state index contributed by atoms with van der Waals surface area (Å²) in [7, 11) is 1.67. The average molecular weight is 558 g/mol. The molecular weight excluding hydrogens is 521 g/mol. The molecule has 1 amide bonds. The first-order valence-electron chi connectivity index (χ1n) is 14.0. The van der Waals surface area contributed by atoms with Crippen molar-refractivity contribution in [3.05, 3.63) is 113 Å². The number of carbonyl (C=O) groups excluding carboxylic acids is 1. The normalized spacial score (nSPS) is 13.5. The molecule has 0 aliphatic carbocycles. The molecule has 2 heterocycles. The lowest BCUT2D eigenvalue weighted by molar-refractivity contribution is 0.0710. The third-order valence-corrected chi connectivity index (χ3v) is 7.18. The van der Waals surface area contributed by atoms with Crippen LogP contribution in [0.3, 0.4) is 0 Å². The zero-order valence-corrected chi connectivity index (χ0v) is 23.6. The van der Waals surface area contributed by atoms with Crippen LogP contribution in [0.5, 0.6) is 11.5 Å². The molecular formula is C33H36FN3O4. The number of para-hydroxylation sites is 2. The van der Waals surface area contributed by atoms with Gasteiger partial charge in [0.15, 0.2) is 5.76 Å². The molecule has 1 fully saturated rings. The molecule has 8 heteroatoms. The van der Waals surface area contributed by atoms with Gasteiger partial charge in [-0.3, -0.25) is 9.69 Å². The van der Waals surface area contributed by atoms with Gasteiger partial charge < -0.3 is 23.7 Å². The molecule has 4 aromatic rings. The summed E-state index contributed by atoms with van der Waals surface area (Å²) in [4.78, 5) is 19.5. The molecule has 41 heavy (non-hydrogen) atoms. The second kappa shape index (κ2) is 13.4. The van der Waals surface area contributed by atoms with E-state index in [4.69, 9.17) is 13.9 Å². The van der Waals surface area contributed by atoms with Crippen molar-refractivity contribution in [3.63, 3.8) is 0 Å². The van der Waals surface area contributed by atoms with E-state index in [1.54, 1.807) is 25.3 Å². The highest BCUT2D eigenvalue weighted by atomic mass is 19.1. The molecule has 1 aliphatic heterocycles. The van der Waals surface area contributed by atoms with Crippen molar-refractivity contribution in [2.75, 3.05) is 44.8 Å². The molecule has 7 nitrogen and oxygen atoms in total. The summed E-state index contributed by atoms with van der Waals surface area (Å²) >= 11 is 0. The van der Waals surface area contributed by atoms with Gasteiger partial charge in [0.1, 0.15) is 23.1 Å². The molecule has 0 bridgehead atoms. The van der Waals surface area contributed by atoms with E-state index in [1.165, 1.54) is 6.07 Å². The molecule has 0 spiro atoms. The Morgan fingerprint density at radius 3 is 2.37 bits per heavy atom. The maximum Gasteiger partial charge on any atom is 0.289 e. The number of furan rings is 1. The Labute approximate surface area is 240 Å². The lowest BCUT2D eigenvalue weighted by Gasteiger charge is -2.36.